The van der Waals surface area contributed by atoms with Crippen molar-refractivity contribution in [2.24, 2.45) is 0 Å². The van der Waals surface area contributed by atoms with Gasteiger partial charge in [0.15, 0.2) is 11.5 Å². The van der Waals surface area contributed by atoms with Crippen molar-refractivity contribution in [1.29, 1.82) is 0 Å². The van der Waals surface area contributed by atoms with E-state index >= 15 is 0 Å². The summed E-state index contributed by atoms with van der Waals surface area (Å²) in [6.07, 6.45) is -0.289. The zero-order chi connectivity index (χ0) is 16.9. The Labute approximate surface area is 140 Å². The van der Waals surface area contributed by atoms with Crippen molar-refractivity contribution < 1.29 is 23.0 Å². The van der Waals surface area contributed by atoms with Gasteiger partial charge in [-0.25, -0.2) is 8.42 Å². The van der Waals surface area contributed by atoms with Crippen LogP contribution in [0.15, 0.2) is 41.3 Å². The van der Waals surface area contributed by atoms with Gasteiger partial charge in [-0.05, 0) is 31.0 Å². The van der Waals surface area contributed by atoms with Crippen LogP contribution in [0.25, 0.3) is 0 Å². The lowest BCUT2D eigenvalue weighted by Crippen LogP contribution is -2.37. The molecule has 2 aromatic rings. The molecule has 0 aromatic heterocycles. The highest BCUT2D eigenvalue weighted by atomic mass is 32.2. The average Bonchev–Trinajstić information content (AvgIpc) is 3.03. The molecular weight excluding hydrogens is 330 g/mol. The van der Waals surface area contributed by atoms with Crippen LogP contribution in [0.3, 0.4) is 0 Å². The lowest BCUT2D eigenvalue weighted by Gasteiger charge is -2.34. The third-order valence-corrected chi connectivity index (χ3v) is 6.21. The standard InChI is InChI=1S/C17H17NO5S/c1-11-3-2-4-13-14(19)7-8-18(17(11)13)24(20,21)12-5-6-15-16(9-12)23-10-22-15/h2-6,9,14,19H,7-8,10H2,1H3. The first-order chi connectivity index (χ1) is 11.5. The van der Waals surface area contributed by atoms with E-state index in [9.17, 15) is 13.5 Å². The van der Waals surface area contributed by atoms with Crippen LogP contribution < -0.4 is 13.8 Å². The summed E-state index contributed by atoms with van der Waals surface area (Å²) in [6.45, 7) is 2.17. The minimum absolute atomic E-state index is 0.0939. The Hall–Kier alpha value is -2.25. The minimum Gasteiger partial charge on any atom is -0.454 e. The van der Waals surface area contributed by atoms with E-state index in [2.05, 4.69) is 0 Å². The van der Waals surface area contributed by atoms with E-state index in [0.29, 0.717) is 29.2 Å². The molecule has 2 aromatic carbocycles. The number of aryl methyl sites for hydroxylation is 1. The quantitative estimate of drug-likeness (QED) is 0.902. The molecule has 0 amide bonds. The molecule has 0 bridgehead atoms. The van der Waals surface area contributed by atoms with Crippen LogP contribution in [0.5, 0.6) is 11.5 Å². The molecule has 2 aliphatic heterocycles. The van der Waals surface area contributed by atoms with Gasteiger partial charge in [0.05, 0.1) is 16.7 Å². The number of sulfonamides is 1. The molecule has 0 aliphatic carbocycles. The first kappa shape index (κ1) is 15.3. The fraction of sp³-hybridized carbons (Fsp3) is 0.294. The number of aliphatic hydroxyl groups is 1. The smallest absolute Gasteiger partial charge is 0.264 e. The van der Waals surface area contributed by atoms with Crippen LogP contribution in [0, 0.1) is 6.92 Å². The van der Waals surface area contributed by atoms with Gasteiger partial charge in [-0.2, -0.15) is 0 Å². The minimum atomic E-state index is -3.76. The predicted octanol–water partition coefficient (Wildman–Crippen LogP) is 2.36. The van der Waals surface area contributed by atoms with Crippen molar-refractivity contribution in [2.75, 3.05) is 17.6 Å². The van der Waals surface area contributed by atoms with E-state index in [4.69, 9.17) is 9.47 Å². The van der Waals surface area contributed by atoms with Crippen molar-refractivity contribution in [3.8, 4) is 11.5 Å². The third kappa shape index (κ3) is 2.23. The molecule has 4 rings (SSSR count). The van der Waals surface area contributed by atoms with Gasteiger partial charge in [0.1, 0.15) is 0 Å². The lowest BCUT2D eigenvalue weighted by atomic mass is 9.98. The SMILES string of the molecule is Cc1cccc2c1N(S(=O)(=O)c1ccc3c(c1)OCO3)CCC2O. The summed E-state index contributed by atoms with van der Waals surface area (Å²) < 4.78 is 38.2. The molecule has 0 radical (unpaired) electrons. The molecule has 0 spiro atoms. The molecule has 6 nitrogen and oxygen atoms in total. The van der Waals surface area contributed by atoms with Crippen LogP contribution in [-0.2, 0) is 10.0 Å². The second-order valence-corrected chi connectivity index (χ2v) is 7.77. The Morgan fingerprint density at radius 3 is 2.79 bits per heavy atom. The zero-order valence-electron chi connectivity index (χ0n) is 13.1. The Morgan fingerprint density at radius 1 is 1.17 bits per heavy atom. The summed E-state index contributed by atoms with van der Waals surface area (Å²) in [4.78, 5) is 0.150. The molecule has 7 heteroatoms. The van der Waals surface area contributed by atoms with Crippen LogP contribution in [0.1, 0.15) is 23.7 Å². The molecule has 0 fully saturated rings. The highest BCUT2D eigenvalue weighted by molar-refractivity contribution is 7.92. The van der Waals surface area contributed by atoms with Gasteiger partial charge < -0.3 is 14.6 Å². The molecule has 1 unspecified atom stereocenters. The van der Waals surface area contributed by atoms with E-state index in [-0.39, 0.29) is 18.2 Å². The van der Waals surface area contributed by atoms with E-state index in [0.717, 1.165) is 5.56 Å². The molecule has 1 N–H and O–H groups in total. The number of nitrogens with zero attached hydrogens (tertiary/aromatic N) is 1. The van der Waals surface area contributed by atoms with Crippen LogP contribution >= 0.6 is 0 Å². The highest BCUT2D eigenvalue weighted by Gasteiger charge is 2.34. The van der Waals surface area contributed by atoms with Crippen molar-refractivity contribution in [3.05, 3.63) is 47.5 Å². The monoisotopic (exact) mass is 347 g/mol. The van der Waals surface area contributed by atoms with Crippen LogP contribution in [-0.4, -0.2) is 26.9 Å². The molecule has 2 aliphatic rings. The molecule has 1 atom stereocenters. The maximum absolute atomic E-state index is 13.2. The second-order valence-electron chi connectivity index (χ2n) is 5.91. The predicted molar refractivity (Wildman–Crippen MR) is 87.9 cm³/mol. The molecule has 24 heavy (non-hydrogen) atoms. The summed E-state index contributed by atoms with van der Waals surface area (Å²) in [6, 6.07) is 10.1. The number of hydrogen-bond acceptors (Lipinski definition) is 5. The van der Waals surface area contributed by atoms with Crippen molar-refractivity contribution >= 4 is 15.7 Å². The lowest BCUT2D eigenvalue weighted by molar-refractivity contribution is 0.166. The molecule has 0 saturated heterocycles. The van der Waals surface area contributed by atoms with Crippen molar-refractivity contribution in [1.82, 2.24) is 0 Å². The second kappa shape index (κ2) is 5.39. The van der Waals surface area contributed by atoms with Gasteiger partial charge in [0, 0.05) is 18.2 Å². The van der Waals surface area contributed by atoms with Gasteiger partial charge in [-0.1, -0.05) is 18.2 Å². The Balaban J connectivity index is 1.83. The number of hydrogen-bond donors (Lipinski definition) is 1. The Kier molecular flexibility index (Phi) is 3.43. The molecule has 126 valence electrons. The van der Waals surface area contributed by atoms with Gasteiger partial charge in [-0.15, -0.1) is 0 Å². The number of rotatable bonds is 2. The Bertz CT molecular complexity index is 909. The van der Waals surface area contributed by atoms with Crippen LogP contribution in [0.2, 0.25) is 0 Å². The van der Waals surface area contributed by atoms with Crippen molar-refractivity contribution in [3.63, 3.8) is 0 Å². The molecular formula is C17H17NO5S. The summed E-state index contributed by atoms with van der Waals surface area (Å²) in [7, 11) is -3.76. The number of anilines is 1. The maximum Gasteiger partial charge on any atom is 0.264 e. The number of benzene rings is 2. The van der Waals surface area contributed by atoms with Gasteiger partial charge in [0.2, 0.25) is 6.79 Å². The topological polar surface area (TPSA) is 76.1 Å². The van der Waals surface area contributed by atoms with Gasteiger partial charge >= 0.3 is 0 Å². The fourth-order valence-electron chi connectivity index (χ4n) is 3.20. The molecule has 0 saturated carbocycles. The zero-order valence-corrected chi connectivity index (χ0v) is 13.9. The first-order valence-corrected chi connectivity index (χ1v) is 9.12. The summed E-state index contributed by atoms with van der Waals surface area (Å²) in [5, 5.41) is 10.2. The van der Waals surface area contributed by atoms with Gasteiger partial charge in [0.25, 0.3) is 10.0 Å². The van der Waals surface area contributed by atoms with Gasteiger partial charge in [-0.3, -0.25) is 4.31 Å². The first-order valence-electron chi connectivity index (χ1n) is 7.68. The Morgan fingerprint density at radius 2 is 1.96 bits per heavy atom. The van der Waals surface area contributed by atoms with Crippen molar-refractivity contribution in [2.45, 2.75) is 24.3 Å². The largest absolute Gasteiger partial charge is 0.454 e. The number of ether oxygens (including phenoxy) is 2. The molecule has 2 heterocycles. The summed E-state index contributed by atoms with van der Waals surface area (Å²) in [5.41, 5.74) is 2.02. The number of para-hydroxylation sites is 1. The number of fused-ring (bicyclic) bond motifs is 2. The van der Waals surface area contributed by atoms with E-state index < -0.39 is 16.1 Å². The van der Waals surface area contributed by atoms with E-state index in [1.54, 1.807) is 12.1 Å². The highest BCUT2D eigenvalue weighted by Crippen LogP contribution is 2.41. The normalized spacial score (nSPS) is 19.2. The maximum atomic E-state index is 13.2. The van der Waals surface area contributed by atoms with E-state index in [1.165, 1.54) is 16.4 Å². The third-order valence-electron chi connectivity index (χ3n) is 4.42. The summed E-state index contributed by atoms with van der Waals surface area (Å²) in [5.74, 6) is 0.970. The fourth-order valence-corrected chi connectivity index (χ4v) is 4.79. The average molecular weight is 347 g/mol. The summed E-state index contributed by atoms with van der Waals surface area (Å²) >= 11 is 0. The number of aliphatic hydroxyl groups excluding tert-OH is 1. The van der Waals surface area contributed by atoms with E-state index in [1.807, 2.05) is 19.1 Å². The van der Waals surface area contributed by atoms with Crippen LogP contribution in [0.4, 0.5) is 5.69 Å².